The molecule has 0 spiro atoms. The van der Waals surface area contributed by atoms with Gasteiger partial charge in [-0.3, -0.25) is 0 Å². The minimum absolute atomic E-state index is 0.246. The van der Waals surface area contributed by atoms with Gasteiger partial charge in [0.1, 0.15) is 16.3 Å². The summed E-state index contributed by atoms with van der Waals surface area (Å²) >= 11 is 0. The second-order valence-corrected chi connectivity index (χ2v) is 6.32. The van der Waals surface area contributed by atoms with Gasteiger partial charge in [0.05, 0.1) is 0 Å². The molecule has 1 aliphatic carbocycles. The number of isocyanates is 1. The first-order chi connectivity index (χ1) is 8.73. The third-order valence-corrected chi connectivity index (χ3v) is 4.09. The van der Waals surface area contributed by atoms with E-state index in [4.69, 9.17) is 0 Å². The van der Waals surface area contributed by atoms with Crippen molar-refractivity contribution < 1.29 is 26.4 Å². The van der Waals surface area contributed by atoms with Crippen LogP contribution < -0.4 is 0 Å². The first kappa shape index (κ1) is 13.8. The van der Waals surface area contributed by atoms with Crippen LogP contribution in [0.25, 0.3) is 0 Å². The molecule has 0 N–H and O–H groups in total. The van der Waals surface area contributed by atoms with Crippen LogP contribution in [0.15, 0.2) is 16.0 Å². The van der Waals surface area contributed by atoms with Crippen molar-refractivity contribution in [3.63, 3.8) is 0 Å². The molecule has 0 aromatic heterocycles. The SMILES string of the molecule is CS(=O)(=O)c1c(F)cc(C2(N=C=O)CC2)c(F)c1F. The molecule has 0 aliphatic heterocycles. The summed E-state index contributed by atoms with van der Waals surface area (Å²) in [7, 11) is -4.24. The molecule has 0 saturated heterocycles. The Hall–Kier alpha value is -1.66. The van der Waals surface area contributed by atoms with Gasteiger partial charge in [0, 0.05) is 11.8 Å². The van der Waals surface area contributed by atoms with Gasteiger partial charge in [0.15, 0.2) is 21.5 Å². The van der Waals surface area contributed by atoms with E-state index in [9.17, 15) is 26.4 Å². The third kappa shape index (κ3) is 2.17. The van der Waals surface area contributed by atoms with Gasteiger partial charge in [0.2, 0.25) is 6.08 Å². The summed E-state index contributed by atoms with van der Waals surface area (Å²) in [6.45, 7) is 0. The number of hydrogen-bond acceptors (Lipinski definition) is 4. The molecule has 0 bridgehead atoms. The molecule has 1 aliphatic rings. The maximum absolute atomic E-state index is 13.8. The highest BCUT2D eigenvalue weighted by atomic mass is 32.2. The van der Waals surface area contributed by atoms with E-state index in [2.05, 4.69) is 4.99 Å². The number of benzene rings is 1. The fraction of sp³-hybridized carbons (Fsp3) is 0.364. The molecule has 4 nitrogen and oxygen atoms in total. The third-order valence-electron chi connectivity index (χ3n) is 2.97. The smallest absolute Gasteiger partial charge is 0.224 e. The number of carbonyl (C=O) groups excluding carboxylic acids is 1. The molecule has 2 rings (SSSR count). The van der Waals surface area contributed by atoms with E-state index in [-0.39, 0.29) is 12.8 Å². The predicted octanol–water partition coefficient (Wildman–Crippen LogP) is 1.83. The molecule has 102 valence electrons. The summed E-state index contributed by atoms with van der Waals surface area (Å²) in [5.41, 5.74) is -1.78. The van der Waals surface area contributed by atoms with E-state index in [1.807, 2.05) is 0 Å². The Morgan fingerprint density at radius 1 is 1.26 bits per heavy atom. The van der Waals surface area contributed by atoms with Gasteiger partial charge in [-0.05, 0) is 18.9 Å². The van der Waals surface area contributed by atoms with E-state index < -0.39 is 43.3 Å². The van der Waals surface area contributed by atoms with Crippen LogP contribution in [0.5, 0.6) is 0 Å². The van der Waals surface area contributed by atoms with E-state index in [0.717, 1.165) is 0 Å². The molecule has 8 heteroatoms. The fourth-order valence-corrected chi connectivity index (χ4v) is 2.73. The quantitative estimate of drug-likeness (QED) is 0.485. The summed E-state index contributed by atoms with van der Waals surface area (Å²) in [5.74, 6) is -4.69. The Kier molecular flexibility index (Phi) is 3.03. The first-order valence-corrected chi connectivity index (χ1v) is 7.09. The fourth-order valence-electron chi connectivity index (χ4n) is 1.90. The molecule has 0 radical (unpaired) electrons. The second-order valence-electron chi connectivity index (χ2n) is 4.37. The number of sulfone groups is 1. The molecule has 0 amide bonds. The molecular weight excluding hydrogens is 283 g/mol. The van der Waals surface area contributed by atoms with Crippen molar-refractivity contribution >= 4 is 15.9 Å². The van der Waals surface area contributed by atoms with Crippen LogP contribution in [0.2, 0.25) is 0 Å². The van der Waals surface area contributed by atoms with Gasteiger partial charge in [-0.2, -0.15) is 4.99 Å². The summed E-state index contributed by atoms with van der Waals surface area (Å²) in [5, 5.41) is 0. The van der Waals surface area contributed by atoms with Crippen molar-refractivity contribution in [2.45, 2.75) is 23.3 Å². The Morgan fingerprint density at radius 3 is 2.26 bits per heavy atom. The van der Waals surface area contributed by atoms with E-state index >= 15 is 0 Å². The van der Waals surface area contributed by atoms with Gasteiger partial charge in [-0.25, -0.2) is 26.4 Å². The first-order valence-electron chi connectivity index (χ1n) is 5.20. The second kappa shape index (κ2) is 4.18. The number of nitrogens with zero attached hydrogens (tertiary/aromatic N) is 1. The highest BCUT2D eigenvalue weighted by Crippen LogP contribution is 2.50. The number of rotatable bonds is 3. The van der Waals surface area contributed by atoms with E-state index in [0.29, 0.717) is 12.3 Å². The van der Waals surface area contributed by atoms with Crippen LogP contribution in [0.3, 0.4) is 0 Å². The molecule has 1 aromatic rings. The standard InChI is InChI=1S/C11H8F3NO3S/c1-19(17,18)10-7(12)4-6(8(13)9(10)14)11(2-3-11)15-5-16/h4H,2-3H2,1H3. The minimum atomic E-state index is -4.24. The summed E-state index contributed by atoms with van der Waals surface area (Å²) < 4.78 is 63.6. The molecule has 1 aromatic carbocycles. The number of halogens is 3. The average molecular weight is 291 g/mol. The van der Waals surface area contributed by atoms with Gasteiger partial charge >= 0.3 is 0 Å². The van der Waals surface area contributed by atoms with Crippen LogP contribution in [-0.2, 0) is 20.2 Å². The molecule has 19 heavy (non-hydrogen) atoms. The van der Waals surface area contributed by atoms with Gasteiger partial charge in [-0.15, -0.1) is 0 Å². The van der Waals surface area contributed by atoms with Crippen LogP contribution in [0.4, 0.5) is 13.2 Å². The Morgan fingerprint density at radius 2 is 1.84 bits per heavy atom. The zero-order valence-corrected chi connectivity index (χ0v) is 10.5. The van der Waals surface area contributed by atoms with Gasteiger partial charge in [-0.1, -0.05) is 0 Å². The number of aliphatic imine (C=N–C) groups is 1. The molecule has 0 unspecified atom stereocenters. The molecule has 1 saturated carbocycles. The van der Waals surface area contributed by atoms with E-state index in [1.54, 1.807) is 0 Å². The summed E-state index contributed by atoms with van der Waals surface area (Å²) in [4.78, 5) is 12.3. The molecule has 0 heterocycles. The van der Waals surface area contributed by atoms with Crippen molar-refractivity contribution in [1.82, 2.24) is 0 Å². The minimum Gasteiger partial charge on any atom is -0.224 e. The molecule has 0 atom stereocenters. The summed E-state index contributed by atoms with van der Waals surface area (Å²) in [6, 6.07) is 0.572. The van der Waals surface area contributed by atoms with Crippen LogP contribution >= 0.6 is 0 Å². The topological polar surface area (TPSA) is 63.6 Å². The Bertz CT molecular complexity index is 704. The van der Waals surface area contributed by atoms with Gasteiger partial charge < -0.3 is 0 Å². The lowest BCUT2D eigenvalue weighted by Gasteiger charge is -2.12. The zero-order chi connectivity index (χ0) is 14.4. The predicted molar refractivity (Wildman–Crippen MR) is 58.5 cm³/mol. The average Bonchev–Trinajstić information content (AvgIpc) is 3.03. The normalized spacial score (nSPS) is 16.8. The van der Waals surface area contributed by atoms with Crippen LogP contribution in [0, 0.1) is 17.5 Å². The van der Waals surface area contributed by atoms with Crippen LogP contribution in [0.1, 0.15) is 18.4 Å². The highest BCUT2D eigenvalue weighted by Gasteiger charge is 2.48. The van der Waals surface area contributed by atoms with Crippen molar-refractivity contribution in [2.24, 2.45) is 4.99 Å². The maximum Gasteiger partial charge on any atom is 0.235 e. The van der Waals surface area contributed by atoms with Crippen molar-refractivity contribution in [2.75, 3.05) is 6.26 Å². The van der Waals surface area contributed by atoms with Crippen molar-refractivity contribution in [1.29, 1.82) is 0 Å². The number of hydrogen-bond donors (Lipinski definition) is 0. The highest BCUT2D eigenvalue weighted by molar-refractivity contribution is 7.90. The zero-order valence-electron chi connectivity index (χ0n) is 9.71. The van der Waals surface area contributed by atoms with E-state index in [1.165, 1.54) is 6.08 Å². The lowest BCUT2D eigenvalue weighted by atomic mass is 10.0. The van der Waals surface area contributed by atoms with Gasteiger partial charge in [0.25, 0.3) is 0 Å². The lowest BCUT2D eigenvalue weighted by Crippen LogP contribution is -2.13. The largest absolute Gasteiger partial charge is 0.235 e. The summed E-state index contributed by atoms with van der Waals surface area (Å²) in [6.07, 6.45) is 2.29. The van der Waals surface area contributed by atoms with Crippen molar-refractivity contribution in [3.05, 3.63) is 29.1 Å². The van der Waals surface area contributed by atoms with Crippen LogP contribution in [-0.4, -0.2) is 20.8 Å². The molecule has 1 fully saturated rings. The maximum atomic E-state index is 13.8. The molecular formula is C11H8F3NO3S. The Balaban J connectivity index is 2.73. The Labute approximate surface area is 106 Å². The monoisotopic (exact) mass is 291 g/mol. The van der Waals surface area contributed by atoms with Crippen molar-refractivity contribution in [3.8, 4) is 0 Å². The lowest BCUT2D eigenvalue weighted by molar-refractivity contribution is 0.441.